The first-order chi connectivity index (χ1) is 11.8. The van der Waals surface area contributed by atoms with Crippen LogP contribution >= 0.6 is 11.3 Å². The van der Waals surface area contributed by atoms with E-state index in [1.165, 1.54) is 11.3 Å². The molecule has 2 aromatic rings. The molecule has 0 aliphatic carbocycles. The van der Waals surface area contributed by atoms with Crippen molar-refractivity contribution >= 4 is 23.2 Å². The Morgan fingerprint density at radius 1 is 1.44 bits per heavy atom. The van der Waals surface area contributed by atoms with Crippen molar-refractivity contribution in [2.24, 2.45) is 5.92 Å². The number of aryl methyl sites for hydroxylation is 1. The van der Waals surface area contributed by atoms with Gasteiger partial charge in [-0.25, -0.2) is 0 Å². The van der Waals surface area contributed by atoms with Gasteiger partial charge in [-0.3, -0.25) is 9.59 Å². The number of aliphatic carboxylic acids is 1. The monoisotopic (exact) mass is 365 g/mol. The highest BCUT2D eigenvalue weighted by atomic mass is 32.1. The van der Waals surface area contributed by atoms with Crippen molar-refractivity contribution in [1.82, 2.24) is 15.5 Å². The Balaban J connectivity index is 1.83. The second-order valence-electron chi connectivity index (χ2n) is 6.53. The molecule has 0 bridgehead atoms. The summed E-state index contributed by atoms with van der Waals surface area (Å²) in [6.07, 6.45) is 1.23. The molecule has 7 nitrogen and oxygen atoms in total. The summed E-state index contributed by atoms with van der Waals surface area (Å²) in [6, 6.07) is 3.84. The van der Waals surface area contributed by atoms with Gasteiger partial charge in [-0.05, 0) is 30.7 Å². The molecule has 1 unspecified atom stereocenters. The molecular formula is C17H23N3O4S. The maximum absolute atomic E-state index is 12.2. The molecule has 0 radical (unpaired) electrons. The Bertz CT molecular complexity index is 711. The number of nitrogens with zero attached hydrogens (tertiary/aromatic N) is 2. The summed E-state index contributed by atoms with van der Waals surface area (Å²) in [4.78, 5) is 28.4. The van der Waals surface area contributed by atoms with E-state index in [9.17, 15) is 9.59 Å². The first-order valence-electron chi connectivity index (χ1n) is 8.19. The van der Waals surface area contributed by atoms with E-state index in [0.717, 1.165) is 4.88 Å². The molecule has 25 heavy (non-hydrogen) atoms. The fraction of sp³-hybridized carbons (Fsp3) is 0.529. The van der Waals surface area contributed by atoms with Gasteiger partial charge in [-0.1, -0.05) is 25.1 Å². The van der Waals surface area contributed by atoms with Gasteiger partial charge in [0.1, 0.15) is 0 Å². The zero-order valence-electron chi connectivity index (χ0n) is 14.6. The molecule has 2 heterocycles. The number of hydrogen-bond donors (Lipinski definition) is 2. The van der Waals surface area contributed by atoms with Crippen molar-refractivity contribution < 1.29 is 19.2 Å². The van der Waals surface area contributed by atoms with E-state index in [0.29, 0.717) is 24.6 Å². The molecule has 0 spiro atoms. The topological polar surface area (TPSA) is 105 Å². The number of nitrogens with one attached hydrogen (secondary N) is 1. The van der Waals surface area contributed by atoms with Crippen LogP contribution in [0.1, 0.15) is 45.9 Å². The van der Waals surface area contributed by atoms with Gasteiger partial charge in [0.05, 0.1) is 11.3 Å². The molecule has 0 aliphatic rings. The lowest BCUT2D eigenvalue weighted by molar-refractivity contribution is -0.139. The molecule has 2 rings (SSSR count). The van der Waals surface area contributed by atoms with Crippen molar-refractivity contribution in [2.45, 2.75) is 52.0 Å². The number of hydrogen-bond acceptors (Lipinski definition) is 6. The van der Waals surface area contributed by atoms with Crippen molar-refractivity contribution in [3.63, 3.8) is 0 Å². The molecular weight excluding hydrogens is 342 g/mol. The largest absolute Gasteiger partial charge is 0.481 e. The molecule has 1 atom stereocenters. The normalized spacial score (nSPS) is 13.6. The molecule has 0 aromatic carbocycles. The molecule has 8 heteroatoms. The van der Waals surface area contributed by atoms with Gasteiger partial charge in [-0.15, -0.1) is 11.3 Å². The summed E-state index contributed by atoms with van der Waals surface area (Å²) in [5.41, 5.74) is -0.764. The van der Waals surface area contributed by atoms with E-state index in [1.807, 2.05) is 31.4 Å². The van der Waals surface area contributed by atoms with E-state index >= 15 is 0 Å². The van der Waals surface area contributed by atoms with E-state index < -0.39 is 11.5 Å². The number of carboxylic acids is 1. The summed E-state index contributed by atoms with van der Waals surface area (Å²) >= 11 is 1.53. The predicted octanol–water partition coefficient (Wildman–Crippen LogP) is 3.13. The SMILES string of the molecule is CC(C)C(C)(CC(=O)O)NC(=O)CCCc1nc(-c2cccs2)no1. The van der Waals surface area contributed by atoms with Crippen LogP contribution in [0.25, 0.3) is 10.7 Å². The number of rotatable bonds is 9. The first kappa shape index (κ1) is 19.1. The first-order valence-corrected chi connectivity index (χ1v) is 9.07. The Kier molecular flexibility index (Phi) is 6.30. The predicted molar refractivity (Wildman–Crippen MR) is 94.2 cm³/mol. The number of aromatic nitrogens is 2. The van der Waals surface area contributed by atoms with Crippen LogP contribution in [0.2, 0.25) is 0 Å². The van der Waals surface area contributed by atoms with Crippen molar-refractivity contribution in [1.29, 1.82) is 0 Å². The van der Waals surface area contributed by atoms with E-state index in [-0.39, 0.29) is 24.7 Å². The fourth-order valence-electron chi connectivity index (χ4n) is 2.35. The van der Waals surface area contributed by atoms with Crippen LogP contribution < -0.4 is 5.32 Å². The highest BCUT2D eigenvalue weighted by Gasteiger charge is 2.32. The number of thiophene rings is 1. The zero-order chi connectivity index (χ0) is 18.4. The molecule has 136 valence electrons. The van der Waals surface area contributed by atoms with Gasteiger partial charge in [0, 0.05) is 18.4 Å². The summed E-state index contributed by atoms with van der Waals surface area (Å²) in [7, 11) is 0. The van der Waals surface area contributed by atoms with Crippen LogP contribution in [0, 0.1) is 5.92 Å². The van der Waals surface area contributed by atoms with E-state index in [1.54, 1.807) is 6.92 Å². The van der Waals surface area contributed by atoms with Crippen molar-refractivity contribution in [3.05, 3.63) is 23.4 Å². The molecule has 2 N–H and O–H groups in total. The standard InChI is InChI=1S/C17H23N3O4S/c1-11(2)17(3,10-15(22)23)19-13(21)7-4-8-14-18-16(20-24-14)12-6-5-9-25-12/h5-6,9,11H,4,7-8,10H2,1-3H3,(H,19,21)(H,22,23). The second kappa shape index (κ2) is 8.24. The summed E-state index contributed by atoms with van der Waals surface area (Å²) in [5, 5.41) is 17.8. The maximum atomic E-state index is 12.2. The number of carbonyl (C=O) groups excluding carboxylic acids is 1. The molecule has 1 amide bonds. The Morgan fingerprint density at radius 2 is 2.20 bits per heavy atom. The van der Waals surface area contributed by atoms with Crippen LogP contribution in [-0.2, 0) is 16.0 Å². The van der Waals surface area contributed by atoms with Gasteiger partial charge in [0.25, 0.3) is 0 Å². The lowest BCUT2D eigenvalue weighted by atomic mass is 9.85. The number of carbonyl (C=O) groups is 2. The lowest BCUT2D eigenvalue weighted by Gasteiger charge is -2.33. The van der Waals surface area contributed by atoms with Crippen LogP contribution in [0.4, 0.5) is 0 Å². The third kappa shape index (κ3) is 5.38. The maximum Gasteiger partial charge on any atom is 0.305 e. The molecule has 0 aliphatic heterocycles. The van der Waals surface area contributed by atoms with Gasteiger partial charge < -0.3 is 14.9 Å². The van der Waals surface area contributed by atoms with E-state index in [4.69, 9.17) is 9.63 Å². The third-order valence-corrected chi connectivity index (χ3v) is 5.09. The summed E-state index contributed by atoms with van der Waals surface area (Å²) in [5.74, 6) is -0.0348. The van der Waals surface area contributed by atoms with Gasteiger partial charge in [-0.2, -0.15) is 4.98 Å². The van der Waals surface area contributed by atoms with Gasteiger partial charge in [0.15, 0.2) is 0 Å². The Morgan fingerprint density at radius 3 is 2.80 bits per heavy atom. The van der Waals surface area contributed by atoms with Crippen LogP contribution in [0.3, 0.4) is 0 Å². The minimum atomic E-state index is -0.927. The fourth-order valence-corrected chi connectivity index (χ4v) is 3.00. The number of amides is 1. The molecule has 0 saturated carbocycles. The van der Waals surface area contributed by atoms with Crippen molar-refractivity contribution in [3.8, 4) is 10.7 Å². The van der Waals surface area contributed by atoms with Crippen LogP contribution in [0.15, 0.2) is 22.0 Å². The minimum absolute atomic E-state index is 0.0110. The summed E-state index contributed by atoms with van der Waals surface area (Å²) < 4.78 is 5.20. The zero-order valence-corrected chi connectivity index (χ0v) is 15.4. The molecule has 0 saturated heterocycles. The van der Waals surface area contributed by atoms with Gasteiger partial charge >= 0.3 is 5.97 Å². The second-order valence-corrected chi connectivity index (χ2v) is 7.48. The Labute approximate surface area is 150 Å². The number of carboxylic acid groups (broad SMARTS) is 1. The quantitative estimate of drug-likeness (QED) is 0.707. The van der Waals surface area contributed by atoms with Gasteiger partial charge in [0.2, 0.25) is 17.6 Å². The highest BCUT2D eigenvalue weighted by molar-refractivity contribution is 7.13. The Hall–Kier alpha value is -2.22. The van der Waals surface area contributed by atoms with Crippen LogP contribution in [0.5, 0.6) is 0 Å². The average Bonchev–Trinajstić information content (AvgIpc) is 3.16. The molecule has 0 fully saturated rings. The lowest BCUT2D eigenvalue weighted by Crippen LogP contribution is -2.51. The van der Waals surface area contributed by atoms with E-state index in [2.05, 4.69) is 15.5 Å². The minimum Gasteiger partial charge on any atom is -0.481 e. The smallest absolute Gasteiger partial charge is 0.305 e. The third-order valence-electron chi connectivity index (χ3n) is 4.22. The highest BCUT2D eigenvalue weighted by Crippen LogP contribution is 2.22. The summed E-state index contributed by atoms with van der Waals surface area (Å²) in [6.45, 7) is 5.55. The molecule has 2 aromatic heterocycles. The van der Waals surface area contributed by atoms with Crippen LogP contribution in [-0.4, -0.2) is 32.7 Å². The van der Waals surface area contributed by atoms with Crippen molar-refractivity contribution in [2.75, 3.05) is 0 Å². The average molecular weight is 365 g/mol.